The van der Waals surface area contributed by atoms with Gasteiger partial charge in [-0.1, -0.05) is 26.0 Å². The predicted octanol–water partition coefficient (Wildman–Crippen LogP) is 5.63. The minimum atomic E-state index is -4.34. The quantitative estimate of drug-likeness (QED) is 0.490. The molecule has 1 aromatic carbocycles. The topological polar surface area (TPSA) is 60.9 Å². The first-order valence-corrected chi connectivity index (χ1v) is 11.4. The van der Waals surface area contributed by atoms with E-state index in [2.05, 4.69) is 57.4 Å². The van der Waals surface area contributed by atoms with Crippen molar-refractivity contribution in [2.24, 2.45) is 5.92 Å². The van der Waals surface area contributed by atoms with Crippen LogP contribution < -0.4 is 4.90 Å². The van der Waals surface area contributed by atoms with Gasteiger partial charge in [0.05, 0.1) is 5.56 Å². The maximum absolute atomic E-state index is 13.0. The Morgan fingerprint density at radius 3 is 2.30 bits per heavy atom. The molecule has 1 N–H and O–H groups in total. The Labute approximate surface area is 196 Å². The van der Waals surface area contributed by atoms with Crippen molar-refractivity contribution < 1.29 is 13.2 Å². The Balaban J connectivity index is 1.63. The third-order valence-electron chi connectivity index (χ3n) is 6.30. The second-order valence-electron chi connectivity index (χ2n) is 9.19. The molecule has 2 aromatic heterocycles. The van der Waals surface area contributed by atoms with Gasteiger partial charge in [0.15, 0.2) is 11.5 Å². The van der Waals surface area contributed by atoms with E-state index < -0.39 is 11.7 Å². The summed E-state index contributed by atoms with van der Waals surface area (Å²) in [6.07, 6.45) is -4.34. The number of rotatable bonds is 4. The van der Waals surface area contributed by atoms with Gasteiger partial charge in [-0.05, 0) is 56.0 Å². The number of hydrogen-bond donors (Lipinski definition) is 1. The Bertz CT molecular complexity index is 1130. The van der Waals surface area contributed by atoms with Gasteiger partial charge in [0, 0.05) is 31.2 Å². The van der Waals surface area contributed by atoms with Gasteiger partial charge in [-0.15, -0.1) is 0 Å². The number of alkyl halides is 3. The van der Waals surface area contributed by atoms with Crippen molar-refractivity contribution in [3.63, 3.8) is 0 Å². The number of fused-ring (bicyclic) bond motifs is 1. The average Bonchev–Trinajstić information content (AvgIpc) is 3.09. The first-order valence-electron chi connectivity index (χ1n) is 11.0. The number of nitrogens with one attached hydrogen (secondary N) is 1. The molecule has 6 nitrogen and oxygen atoms in total. The highest BCUT2D eigenvalue weighted by Crippen LogP contribution is 2.37. The zero-order chi connectivity index (χ0) is 24.1. The van der Waals surface area contributed by atoms with E-state index in [1.54, 1.807) is 12.1 Å². The zero-order valence-corrected chi connectivity index (χ0v) is 20.0. The van der Waals surface area contributed by atoms with Crippen LogP contribution in [0.1, 0.15) is 50.7 Å². The minimum absolute atomic E-state index is 0.00436. The standard InChI is InChI=1S/C23H28ClF3N6/c1-12(2)19(16-6-8-17(9-7-16)23(25,26)27)32-10-14(4)33(11-13(32)3)21-18-20(29-15(5)28-18)30-22(24)31-21/h6-9,12-14,19H,10-11H2,1-5H3,(H,28,29,30,31)/t13-,14+,19?/m1/s1. The highest BCUT2D eigenvalue weighted by molar-refractivity contribution is 6.28. The number of piperazine rings is 1. The maximum Gasteiger partial charge on any atom is 0.416 e. The molecule has 4 rings (SSSR count). The summed E-state index contributed by atoms with van der Waals surface area (Å²) >= 11 is 6.19. The van der Waals surface area contributed by atoms with Crippen LogP contribution in [0.15, 0.2) is 24.3 Å². The third kappa shape index (κ3) is 4.66. The van der Waals surface area contributed by atoms with Crippen molar-refractivity contribution in [3.8, 4) is 0 Å². The lowest BCUT2D eigenvalue weighted by molar-refractivity contribution is -0.137. The molecule has 3 atom stereocenters. The van der Waals surface area contributed by atoms with Gasteiger partial charge in [0.25, 0.3) is 0 Å². The molecule has 0 aliphatic carbocycles. The van der Waals surface area contributed by atoms with E-state index in [4.69, 9.17) is 11.6 Å². The number of anilines is 1. The van der Waals surface area contributed by atoms with Crippen LogP contribution in [0.3, 0.4) is 0 Å². The molecular formula is C23H28ClF3N6. The van der Waals surface area contributed by atoms with Crippen LogP contribution >= 0.6 is 11.6 Å². The molecule has 1 saturated heterocycles. The summed E-state index contributed by atoms with van der Waals surface area (Å²) in [5.74, 6) is 1.68. The highest BCUT2D eigenvalue weighted by Gasteiger charge is 2.37. The van der Waals surface area contributed by atoms with Gasteiger partial charge >= 0.3 is 6.18 Å². The fourth-order valence-electron chi connectivity index (χ4n) is 4.84. The number of aryl methyl sites for hydroxylation is 1. The molecule has 0 saturated carbocycles. The van der Waals surface area contributed by atoms with E-state index in [9.17, 15) is 13.2 Å². The lowest BCUT2D eigenvalue weighted by Gasteiger charge is -2.49. The van der Waals surface area contributed by atoms with Crippen LogP contribution in [0.5, 0.6) is 0 Å². The number of hydrogen-bond acceptors (Lipinski definition) is 5. The van der Waals surface area contributed by atoms with Crippen molar-refractivity contribution in [3.05, 3.63) is 46.5 Å². The number of halogens is 4. The first kappa shape index (κ1) is 23.8. The molecule has 33 heavy (non-hydrogen) atoms. The number of nitrogens with zero attached hydrogens (tertiary/aromatic N) is 5. The predicted molar refractivity (Wildman–Crippen MR) is 123 cm³/mol. The average molecular weight is 481 g/mol. The smallest absolute Gasteiger partial charge is 0.349 e. The van der Waals surface area contributed by atoms with E-state index in [0.29, 0.717) is 12.2 Å². The molecule has 1 aliphatic rings. The number of H-pyrrole nitrogens is 1. The highest BCUT2D eigenvalue weighted by atomic mass is 35.5. The molecule has 1 unspecified atom stereocenters. The van der Waals surface area contributed by atoms with Crippen molar-refractivity contribution in [2.45, 2.75) is 58.9 Å². The molecule has 1 aliphatic heterocycles. The summed E-state index contributed by atoms with van der Waals surface area (Å²) in [6.45, 7) is 11.7. The van der Waals surface area contributed by atoms with Gasteiger partial charge in [-0.3, -0.25) is 4.90 Å². The van der Waals surface area contributed by atoms with Crippen LogP contribution in [0.4, 0.5) is 19.0 Å². The van der Waals surface area contributed by atoms with Crippen LogP contribution in [-0.4, -0.2) is 50.0 Å². The van der Waals surface area contributed by atoms with E-state index in [0.717, 1.165) is 29.3 Å². The normalized spacial score (nSPS) is 21.2. The number of imidazole rings is 1. The second-order valence-corrected chi connectivity index (χ2v) is 9.53. The van der Waals surface area contributed by atoms with E-state index in [-0.39, 0.29) is 29.3 Å². The zero-order valence-electron chi connectivity index (χ0n) is 19.3. The molecule has 0 radical (unpaired) electrons. The summed E-state index contributed by atoms with van der Waals surface area (Å²) in [4.78, 5) is 20.9. The molecule has 3 heterocycles. The Morgan fingerprint density at radius 1 is 1.03 bits per heavy atom. The van der Waals surface area contributed by atoms with Crippen molar-refractivity contribution in [1.29, 1.82) is 0 Å². The summed E-state index contributed by atoms with van der Waals surface area (Å²) in [7, 11) is 0. The van der Waals surface area contributed by atoms with E-state index in [1.165, 1.54) is 12.1 Å². The maximum atomic E-state index is 13.0. The Kier molecular flexibility index (Phi) is 6.30. The Morgan fingerprint density at radius 2 is 1.70 bits per heavy atom. The summed E-state index contributed by atoms with van der Waals surface area (Å²) < 4.78 is 39.1. The van der Waals surface area contributed by atoms with Gasteiger partial charge in [0.2, 0.25) is 5.28 Å². The van der Waals surface area contributed by atoms with Gasteiger partial charge in [-0.25, -0.2) is 4.98 Å². The van der Waals surface area contributed by atoms with Gasteiger partial charge in [0.1, 0.15) is 11.3 Å². The summed E-state index contributed by atoms with van der Waals surface area (Å²) in [5, 5.41) is 0.149. The minimum Gasteiger partial charge on any atom is -0.349 e. The number of benzene rings is 1. The molecule has 0 bridgehead atoms. The fraction of sp³-hybridized carbons (Fsp3) is 0.522. The largest absolute Gasteiger partial charge is 0.416 e. The monoisotopic (exact) mass is 480 g/mol. The number of aromatic amines is 1. The third-order valence-corrected chi connectivity index (χ3v) is 6.47. The first-order chi connectivity index (χ1) is 15.5. The summed E-state index contributed by atoms with van der Waals surface area (Å²) in [5.41, 5.74) is 1.56. The second kappa shape index (κ2) is 8.76. The lowest BCUT2D eigenvalue weighted by Crippen LogP contribution is -2.58. The Hall–Kier alpha value is -2.39. The molecule has 0 spiro atoms. The van der Waals surface area contributed by atoms with Gasteiger partial charge < -0.3 is 9.88 Å². The SMILES string of the molecule is Cc1nc2nc(Cl)nc(N3C[C@@H](C)N(C(c4ccc(C(F)(F)F)cc4)C(C)C)C[C@@H]3C)c2[nH]1. The summed E-state index contributed by atoms with van der Waals surface area (Å²) in [6, 6.07) is 5.79. The van der Waals surface area contributed by atoms with Crippen molar-refractivity contribution >= 4 is 28.6 Å². The van der Waals surface area contributed by atoms with Crippen molar-refractivity contribution in [2.75, 3.05) is 18.0 Å². The molecule has 3 aromatic rings. The molecular weight excluding hydrogens is 453 g/mol. The van der Waals surface area contributed by atoms with E-state index >= 15 is 0 Å². The lowest BCUT2D eigenvalue weighted by atomic mass is 9.90. The van der Waals surface area contributed by atoms with Crippen LogP contribution in [-0.2, 0) is 6.18 Å². The van der Waals surface area contributed by atoms with Crippen LogP contribution in [0.2, 0.25) is 5.28 Å². The van der Waals surface area contributed by atoms with Crippen molar-refractivity contribution in [1.82, 2.24) is 24.8 Å². The fourth-order valence-corrected chi connectivity index (χ4v) is 5.00. The molecule has 0 amide bonds. The van der Waals surface area contributed by atoms with Crippen LogP contribution in [0, 0.1) is 12.8 Å². The molecule has 1 fully saturated rings. The molecule has 178 valence electrons. The molecule has 10 heteroatoms. The van der Waals surface area contributed by atoms with Crippen LogP contribution in [0.25, 0.3) is 11.2 Å². The number of aromatic nitrogens is 4. The van der Waals surface area contributed by atoms with Gasteiger partial charge in [-0.2, -0.15) is 23.1 Å². The van der Waals surface area contributed by atoms with E-state index in [1.807, 2.05) is 6.92 Å².